The molecule has 1 aromatic carbocycles. The van der Waals surface area contributed by atoms with E-state index < -0.39 is 0 Å². The second-order valence-corrected chi connectivity index (χ2v) is 5.68. The number of benzene rings is 1. The Kier molecular flexibility index (Phi) is 2.82. The van der Waals surface area contributed by atoms with E-state index in [-0.39, 0.29) is 11.2 Å². The number of hydrogen-bond donors (Lipinski definition) is 0. The van der Waals surface area contributed by atoms with Gasteiger partial charge in [-0.25, -0.2) is 0 Å². The zero-order chi connectivity index (χ0) is 12.6. The van der Waals surface area contributed by atoms with Crippen molar-refractivity contribution in [3.8, 4) is 0 Å². The molecular weight excluding hydrogens is 210 g/mol. The van der Waals surface area contributed by atoms with Crippen LogP contribution in [-0.4, -0.2) is 10.4 Å². The number of hydrogen-bond acceptors (Lipinski definition) is 1. The molecule has 0 aliphatic rings. The highest BCUT2D eigenvalue weighted by Crippen LogP contribution is 2.20. The van der Waals surface area contributed by atoms with Crippen LogP contribution >= 0.6 is 0 Å². The largest absolute Gasteiger partial charge is 0.340 e. The van der Waals surface area contributed by atoms with E-state index in [9.17, 15) is 4.79 Å². The summed E-state index contributed by atoms with van der Waals surface area (Å²) in [5.74, 6) is 0.260. The lowest BCUT2D eigenvalue weighted by Gasteiger charge is -2.17. The SMILES string of the molecule is Cc1ccc2c(ccn2CC(=O)C(C)(C)C)c1. The average molecular weight is 229 g/mol. The van der Waals surface area contributed by atoms with E-state index in [1.54, 1.807) is 0 Å². The number of carbonyl (C=O) groups excluding carboxylic acids is 1. The molecule has 0 atom stereocenters. The fourth-order valence-electron chi connectivity index (χ4n) is 1.85. The van der Waals surface area contributed by atoms with Gasteiger partial charge in [0.15, 0.2) is 5.78 Å². The van der Waals surface area contributed by atoms with Crippen LogP contribution in [0, 0.1) is 12.3 Å². The molecular formula is C15H19NO. The standard InChI is InChI=1S/C15H19NO/c1-11-5-6-13-12(9-11)7-8-16(13)10-14(17)15(2,3)4/h5-9H,10H2,1-4H3. The third-order valence-corrected chi connectivity index (χ3v) is 3.08. The monoisotopic (exact) mass is 229 g/mol. The molecule has 0 saturated carbocycles. The molecule has 0 aliphatic heterocycles. The minimum atomic E-state index is -0.276. The Bertz CT molecular complexity index is 558. The minimum Gasteiger partial charge on any atom is -0.340 e. The summed E-state index contributed by atoms with van der Waals surface area (Å²) in [6.45, 7) is 8.43. The minimum absolute atomic E-state index is 0.260. The normalized spacial score (nSPS) is 12.0. The van der Waals surface area contributed by atoms with Crippen molar-refractivity contribution in [1.82, 2.24) is 4.57 Å². The second-order valence-electron chi connectivity index (χ2n) is 5.68. The van der Waals surface area contributed by atoms with E-state index in [0.717, 1.165) is 5.52 Å². The number of fused-ring (bicyclic) bond motifs is 1. The number of aromatic nitrogens is 1. The molecule has 1 heterocycles. The molecule has 2 nitrogen and oxygen atoms in total. The molecule has 2 aromatic rings. The van der Waals surface area contributed by atoms with E-state index in [4.69, 9.17) is 0 Å². The van der Waals surface area contributed by atoms with Gasteiger partial charge in [-0.3, -0.25) is 4.79 Å². The zero-order valence-electron chi connectivity index (χ0n) is 10.9. The Morgan fingerprint density at radius 3 is 2.59 bits per heavy atom. The fraction of sp³-hybridized carbons (Fsp3) is 0.400. The lowest BCUT2D eigenvalue weighted by molar-refractivity contribution is -0.126. The van der Waals surface area contributed by atoms with Crippen LogP contribution in [0.2, 0.25) is 0 Å². The first-order valence-electron chi connectivity index (χ1n) is 5.97. The Balaban J connectivity index is 2.35. The van der Waals surface area contributed by atoms with Gasteiger partial charge in [-0.15, -0.1) is 0 Å². The number of nitrogens with zero attached hydrogens (tertiary/aromatic N) is 1. The quantitative estimate of drug-likeness (QED) is 0.771. The van der Waals surface area contributed by atoms with Crippen LogP contribution in [0.4, 0.5) is 0 Å². The summed E-state index contributed by atoms with van der Waals surface area (Å²) in [7, 11) is 0. The summed E-state index contributed by atoms with van der Waals surface area (Å²) in [5.41, 5.74) is 2.10. The van der Waals surface area contributed by atoms with Crippen molar-refractivity contribution >= 4 is 16.7 Å². The van der Waals surface area contributed by atoms with E-state index in [2.05, 4.69) is 31.2 Å². The highest BCUT2D eigenvalue weighted by Gasteiger charge is 2.21. The van der Waals surface area contributed by atoms with Crippen molar-refractivity contribution in [1.29, 1.82) is 0 Å². The maximum absolute atomic E-state index is 12.0. The van der Waals surface area contributed by atoms with E-state index in [1.165, 1.54) is 10.9 Å². The molecule has 0 aliphatic carbocycles. The summed E-state index contributed by atoms with van der Waals surface area (Å²) in [4.78, 5) is 12.0. The first kappa shape index (κ1) is 11.9. The third-order valence-electron chi connectivity index (χ3n) is 3.08. The van der Waals surface area contributed by atoms with Crippen molar-refractivity contribution in [2.45, 2.75) is 34.2 Å². The summed E-state index contributed by atoms with van der Waals surface area (Å²) in [6.07, 6.45) is 1.99. The van der Waals surface area contributed by atoms with Crippen molar-refractivity contribution < 1.29 is 4.79 Å². The number of carbonyl (C=O) groups is 1. The topological polar surface area (TPSA) is 22.0 Å². The average Bonchev–Trinajstić information content (AvgIpc) is 2.59. The van der Waals surface area contributed by atoms with Gasteiger partial charge >= 0.3 is 0 Å². The molecule has 0 amide bonds. The number of ketones is 1. The summed E-state index contributed by atoms with van der Waals surface area (Å²) >= 11 is 0. The van der Waals surface area contributed by atoms with Crippen molar-refractivity contribution in [3.05, 3.63) is 36.0 Å². The van der Waals surface area contributed by atoms with Crippen LogP contribution in [0.25, 0.3) is 10.9 Å². The van der Waals surface area contributed by atoms with Crippen LogP contribution in [0.1, 0.15) is 26.3 Å². The first-order chi connectivity index (χ1) is 7.88. The van der Waals surface area contributed by atoms with Crippen molar-refractivity contribution in [3.63, 3.8) is 0 Å². The first-order valence-corrected chi connectivity index (χ1v) is 5.97. The van der Waals surface area contributed by atoms with Gasteiger partial charge in [0, 0.05) is 17.1 Å². The van der Waals surface area contributed by atoms with Crippen LogP contribution < -0.4 is 0 Å². The molecule has 2 rings (SSSR count). The Labute approximate surface area is 102 Å². The van der Waals surface area contributed by atoms with Gasteiger partial charge in [0.05, 0.1) is 6.54 Å². The highest BCUT2D eigenvalue weighted by atomic mass is 16.1. The summed E-state index contributed by atoms with van der Waals surface area (Å²) in [5, 5.41) is 1.20. The van der Waals surface area contributed by atoms with Gasteiger partial charge in [0.1, 0.15) is 0 Å². The molecule has 0 fully saturated rings. The molecule has 0 N–H and O–H groups in total. The molecule has 1 aromatic heterocycles. The van der Waals surface area contributed by atoms with Crippen LogP contribution in [0.15, 0.2) is 30.5 Å². The van der Waals surface area contributed by atoms with Crippen LogP contribution in [-0.2, 0) is 11.3 Å². The maximum atomic E-state index is 12.0. The number of Topliss-reactive ketones (excluding diaryl/α,β-unsaturated/α-hetero) is 1. The second kappa shape index (κ2) is 4.02. The highest BCUT2D eigenvalue weighted by molar-refractivity contribution is 5.87. The number of aryl methyl sites for hydroxylation is 1. The summed E-state index contributed by atoms with van der Waals surface area (Å²) < 4.78 is 2.03. The van der Waals surface area contributed by atoms with Gasteiger partial charge in [0.2, 0.25) is 0 Å². The van der Waals surface area contributed by atoms with Gasteiger partial charge in [0.25, 0.3) is 0 Å². The van der Waals surface area contributed by atoms with E-state index in [0.29, 0.717) is 6.54 Å². The summed E-state index contributed by atoms with van der Waals surface area (Å²) in [6, 6.07) is 8.38. The molecule has 90 valence electrons. The van der Waals surface area contributed by atoms with Gasteiger partial charge < -0.3 is 4.57 Å². The molecule has 0 spiro atoms. The fourth-order valence-corrected chi connectivity index (χ4v) is 1.85. The lowest BCUT2D eigenvalue weighted by Crippen LogP contribution is -2.24. The third kappa shape index (κ3) is 2.41. The molecule has 0 saturated heterocycles. The van der Waals surface area contributed by atoms with Gasteiger partial charge in [-0.05, 0) is 30.5 Å². The van der Waals surface area contributed by atoms with E-state index >= 15 is 0 Å². The smallest absolute Gasteiger partial charge is 0.157 e. The Morgan fingerprint density at radius 1 is 1.24 bits per heavy atom. The predicted molar refractivity (Wildman–Crippen MR) is 71.1 cm³/mol. The predicted octanol–water partition coefficient (Wildman–Crippen LogP) is 3.56. The molecule has 2 heteroatoms. The molecule has 0 bridgehead atoms. The van der Waals surface area contributed by atoms with Crippen molar-refractivity contribution in [2.75, 3.05) is 0 Å². The molecule has 0 radical (unpaired) electrons. The van der Waals surface area contributed by atoms with E-state index in [1.807, 2.05) is 31.5 Å². The van der Waals surface area contributed by atoms with Gasteiger partial charge in [-0.2, -0.15) is 0 Å². The number of rotatable bonds is 2. The van der Waals surface area contributed by atoms with Crippen LogP contribution in [0.3, 0.4) is 0 Å². The zero-order valence-corrected chi connectivity index (χ0v) is 10.9. The van der Waals surface area contributed by atoms with Crippen LogP contribution in [0.5, 0.6) is 0 Å². The molecule has 0 unspecified atom stereocenters. The van der Waals surface area contributed by atoms with Crippen molar-refractivity contribution in [2.24, 2.45) is 5.41 Å². The maximum Gasteiger partial charge on any atom is 0.157 e. The molecule has 17 heavy (non-hydrogen) atoms. The Hall–Kier alpha value is -1.57. The Morgan fingerprint density at radius 2 is 1.94 bits per heavy atom. The van der Waals surface area contributed by atoms with Gasteiger partial charge in [-0.1, -0.05) is 32.4 Å². The lowest BCUT2D eigenvalue weighted by atomic mass is 9.91.